The SMILES string of the molecule is CCCCCC(O)/C=C/[C@H](O)[C@@H](O)CCCCCCCC(=O)O. The molecule has 0 fully saturated rings. The molecule has 0 aromatic heterocycles. The first-order valence-electron chi connectivity index (χ1n) is 8.91. The maximum Gasteiger partial charge on any atom is 0.303 e. The van der Waals surface area contributed by atoms with E-state index in [1.54, 1.807) is 6.08 Å². The molecule has 0 aliphatic rings. The minimum absolute atomic E-state index is 0.215. The number of aliphatic carboxylic acids is 1. The summed E-state index contributed by atoms with van der Waals surface area (Å²) < 4.78 is 0. The van der Waals surface area contributed by atoms with Gasteiger partial charge in [0.2, 0.25) is 0 Å². The van der Waals surface area contributed by atoms with Gasteiger partial charge in [0.05, 0.1) is 18.3 Å². The van der Waals surface area contributed by atoms with E-state index >= 15 is 0 Å². The Balaban J connectivity index is 3.68. The van der Waals surface area contributed by atoms with Gasteiger partial charge >= 0.3 is 5.97 Å². The molecule has 0 rings (SSSR count). The Hall–Kier alpha value is -0.910. The van der Waals surface area contributed by atoms with Crippen LogP contribution in [0.1, 0.15) is 77.6 Å². The number of hydrogen-bond donors (Lipinski definition) is 4. The molecule has 0 saturated carbocycles. The molecule has 0 spiro atoms. The highest BCUT2D eigenvalue weighted by molar-refractivity contribution is 5.66. The minimum Gasteiger partial charge on any atom is -0.481 e. The summed E-state index contributed by atoms with van der Waals surface area (Å²) in [7, 11) is 0. The third-order valence-corrected chi connectivity index (χ3v) is 3.92. The monoisotopic (exact) mass is 330 g/mol. The van der Waals surface area contributed by atoms with Crippen LogP contribution in [-0.4, -0.2) is 44.7 Å². The Labute approximate surface area is 140 Å². The van der Waals surface area contributed by atoms with Gasteiger partial charge in [0, 0.05) is 6.42 Å². The van der Waals surface area contributed by atoms with E-state index in [9.17, 15) is 20.1 Å². The molecular weight excluding hydrogens is 296 g/mol. The van der Waals surface area contributed by atoms with Gasteiger partial charge in [-0.25, -0.2) is 0 Å². The van der Waals surface area contributed by atoms with E-state index in [1.807, 2.05) is 0 Å². The quantitative estimate of drug-likeness (QED) is 0.273. The van der Waals surface area contributed by atoms with Gasteiger partial charge in [-0.1, -0.05) is 64.0 Å². The standard InChI is InChI=1S/C18H34O5/c1-2-3-7-10-15(19)13-14-17(21)16(20)11-8-5-4-6-9-12-18(22)23/h13-17,19-21H,2-12H2,1H3,(H,22,23)/b14-13+/t15?,16-,17-/m0/s1. The zero-order valence-electron chi connectivity index (χ0n) is 14.4. The van der Waals surface area contributed by atoms with E-state index in [2.05, 4.69) is 6.92 Å². The summed E-state index contributed by atoms with van der Waals surface area (Å²) in [5.41, 5.74) is 0. The number of carbonyl (C=O) groups is 1. The summed E-state index contributed by atoms with van der Waals surface area (Å²) in [6.45, 7) is 2.11. The van der Waals surface area contributed by atoms with Crippen molar-refractivity contribution >= 4 is 5.97 Å². The van der Waals surface area contributed by atoms with E-state index in [4.69, 9.17) is 5.11 Å². The Kier molecular flexibility index (Phi) is 14.1. The van der Waals surface area contributed by atoms with E-state index in [0.29, 0.717) is 19.3 Å². The van der Waals surface area contributed by atoms with Gasteiger partial charge in [0.15, 0.2) is 0 Å². The molecule has 0 amide bonds. The van der Waals surface area contributed by atoms with Crippen LogP contribution in [-0.2, 0) is 4.79 Å². The van der Waals surface area contributed by atoms with Crippen molar-refractivity contribution in [2.75, 3.05) is 0 Å². The second kappa shape index (κ2) is 14.7. The van der Waals surface area contributed by atoms with Gasteiger partial charge in [-0.15, -0.1) is 0 Å². The number of carboxylic acid groups (broad SMARTS) is 1. The summed E-state index contributed by atoms with van der Waals surface area (Å²) in [5, 5.41) is 37.9. The number of unbranched alkanes of at least 4 members (excludes halogenated alkanes) is 6. The summed E-state index contributed by atoms with van der Waals surface area (Å²) in [4.78, 5) is 10.4. The Morgan fingerprint density at radius 1 is 0.870 bits per heavy atom. The number of hydrogen-bond acceptors (Lipinski definition) is 4. The molecule has 0 aromatic rings. The molecule has 0 radical (unpaired) electrons. The average molecular weight is 330 g/mol. The molecular formula is C18H34O5. The van der Waals surface area contributed by atoms with Crippen LogP contribution in [0.2, 0.25) is 0 Å². The largest absolute Gasteiger partial charge is 0.481 e. The van der Waals surface area contributed by atoms with Gasteiger partial charge in [0.1, 0.15) is 0 Å². The molecule has 5 nitrogen and oxygen atoms in total. The van der Waals surface area contributed by atoms with Crippen molar-refractivity contribution in [3.8, 4) is 0 Å². The summed E-state index contributed by atoms with van der Waals surface area (Å²) in [6.07, 6.45) is 9.55. The molecule has 0 aromatic carbocycles. The van der Waals surface area contributed by atoms with E-state index in [-0.39, 0.29) is 6.42 Å². The maximum atomic E-state index is 10.4. The number of aliphatic hydroxyl groups is 3. The molecule has 0 saturated heterocycles. The fourth-order valence-corrected chi connectivity index (χ4v) is 2.40. The lowest BCUT2D eigenvalue weighted by molar-refractivity contribution is -0.137. The van der Waals surface area contributed by atoms with Crippen molar-refractivity contribution in [2.45, 2.75) is 95.9 Å². The van der Waals surface area contributed by atoms with Gasteiger partial charge in [-0.05, 0) is 19.3 Å². The molecule has 0 heterocycles. The van der Waals surface area contributed by atoms with Crippen LogP contribution in [0.3, 0.4) is 0 Å². The van der Waals surface area contributed by atoms with Crippen LogP contribution in [0, 0.1) is 0 Å². The van der Waals surface area contributed by atoms with Crippen LogP contribution in [0.25, 0.3) is 0 Å². The van der Waals surface area contributed by atoms with Crippen LogP contribution in [0.5, 0.6) is 0 Å². The molecule has 136 valence electrons. The third-order valence-electron chi connectivity index (χ3n) is 3.92. The second-order valence-electron chi connectivity index (χ2n) is 6.21. The van der Waals surface area contributed by atoms with Gasteiger partial charge < -0.3 is 20.4 Å². The van der Waals surface area contributed by atoms with Crippen LogP contribution < -0.4 is 0 Å². The van der Waals surface area contributed by atoms with Crippen LogP contribution in [0.4, 0.5) is 0 Å². The molecule has 0 bridgehead atoms. The summed E-state index contributed by atoms with van der Waals surface area (Å²) in [5.74, 6) is -0.757. The molecule has 0 aliphatic heterocycles. The Bertz CT molecular complexity index is 317. The van der Waals surface area contributed by atoms with Crippen LogP contribution >= 0.6 is 0 Å². The fourth-order valence-electron chi connectivity index (χ4n) is 2.40. The number of rotatable bonds is 15. The lowest BCUT2D eigenvalue weighted by Crippen LogP contribution is -2.24. The molecule has 5 heteroatoms. The summed E-state index contributed by atoms with van der Waals surface area (Å²) in [6, 6.07) is 0. The first-order chi connectivity index (χ1) is 11.0. The topological polar surface area (TPSA) is 98.0 Å². The lowest BCUT2D eigenvalue weighted by atomic mass is 10.0. The Morgan fingerprint density at radius 3 is 2.13 bits per heavy atom. The summed E-state index contributed by atoms with van der Waals surface area (Å²) >= 11 is 0. The first kappa shape index (κ1) is 22.1. The fraction of sp³-hybridized carbons (Fsp3) is 0.833. The highest BCUT2D eigenvalue weighted by Gasteiger charge is 2.13. The maximum absolute atomic E-state index is 10.4. The molecule has 4 N–H and O–H groups in total. The zero-order chi connectivity index (χ0) is 17.5. The molecule has 1 unspecified atom stereocenters. The van der Waals surface area contributed by atoms with E-state index in [1.165, 1.54) is 6.08 Å². The smallest absolute Gasteiger partial charge is 0.303 e. The second-order valence-corrected chi connectivity index (χ2v) is 6.21. The average Bonchev–Trinajstić information content (AvgIpc) is 2.51. The first-order valence-corrected chi connectivity index (χ1v) is 8.91. The van der Waals surface area contributed by atoms with E-state index in [0.717, 1.165) is 44.9 Å². The van der Waals surface area contributed by atoms with Crippen molar-refractivity contribution in [2.24, 2.45) is 0 Å². The lowest BCUT2D eigenvalue weighted by Gasteiger charge is -2.15. The van der Waals surface area contributed by atoms with Crippen molar-refractivity contribution in [3.63, 3.8) is 0 Å². The van der Waals surface area contributed by atoms with Gasteiger partial charge in [-0.2, -0.15) is 0 Å². The molecule has 3 atom stereocenters. The Morgan fingerprint density at radius 2 is 1.48 bits per heavy atom. The normalized spacial score (nSPS) is 15.7. The molecule has 0 aliphatic carbocycles. The number of carboxylic acids is 1. The van der Waals surface area contributed by atoms with Crippen molar-refractivity contribution in [1.29, 1.82) is 0 Å². The zero-order valence-corrected chi connectivity index (χ0v) is 14.4. The van der Waals surface area contributed by atoms with Crippen molar-refractivity contribution in [3.05, 3.63) is 12.2 Å². The minimum atomic E-state index is -0.942. The van der Waals surface area contributed by atoms with Gasteiger partial charge in [0.25, 0.3) is 0 Å². The highest BCUT2D eigenvalue weighted by Crippen LogP contribution is 2.12. The highest BCUT2D eigenvalue weighted by atomic mass is 16.4. The third kappa shape index (κ3) is 14.4. The van der Waals surface area contributed by atoms with Crippen LogP contribution in [0.15, 0.2) is 12.2 Å². The number of aliphatic hydroxyl groups excluding tert-OH is 3. The molecule has 23 heavy (non-hydrogen) atoms. The van der Waals surface area contributed by atoms with Crippen molar-refractivity contribution < 1.29 is 25.2 Å². The predicted octanol–water partition coefficient (Wildman–Crippen LogP) is 3.02. The van der Waals surface area contributed by atoms with E-state index < -0.39 is 24.3 Å². The predicted molar refractivity (Wildman–Crippen MR) is 91.3 cm³/mol. The van der Waals surface area contributed by atoms with Gasteiger partial charge in [-0.3, -0.25) is 4.79 Å². The van der Waals surface area contributed by atoms with Crippen molar-refractivity contribution in [1.82, 2.24) is 0 Å².